The summed E-state index contributed by atoms with van der Waals surface area (Å²) >= 11 is 0. The number of hydrogen-bond acceptors (Lipinski definition) is 11. The molecule has 1 aliphatic carbocycles. The highest BCUT2D eigenvalue weighted by molar-refractivity contribution is 6.37. The molecule has 0 bridgehead atoms. The van der Waals surface area contributed by atoms with Crippen molar-refractivity contribution in [2.24, 2.45) is 5.92 Å². The van der Waals surface area contributed by atoms with Crippen LogP contribution in [0.1, 0.15) is 132 Å². The van der Waals surface area contributed by atoms with E-state index in [9.17, 15) is 38.4 Å². The van der Waals surface area contributed by atoms with Gasteiger partial charge in [-0.2, -0.15) is 0 Å². The van der Waals surface area contributed by atoms with E-state index in [1.807, 2.05) is 30.3 Å². The molecular weight excluding hydrogens is 1100 g/mol. The van der Waals surface area contributed by atoms with Crippen molar-refractivity contribution in [1.29, 1.82) is 0 Å². The third kappa shape index (κ3) is 9.80. The fourth-order valence-electron chi connectivity index (χ4n) is 11.3. The molecule has 418 valence electrons. The summed E-state index contributed by atoms with van der Waals surface area (Å²) < 4.78 is 18.4. The molecule has 0 radical (unpaired) electrons. The van der Waals surface area contributed by atoms with E-state index in [4.69, 9.17) is 14.2 Å². The van der Waals surface area contributed by atoms with Crippen LogP contribution < -0.4 is 33.8 Å². The van der Waals surface area contributed by atoms with E-state index >= 15 is 0 Å². The Bertz CT molecular complexity index is 4620. The normalized spacial score (nSPS) is 15.0. The topological polar surface area (TPSA) is 177 Å². The SMILES string of the molecule is O=C1c2ccc(C#CC3CCCCC3)cc2C(=O)N1c1ccc(Oc2cccc(N3C(=O)c4ccc(Oc5ccc6c(c5)C(=O)N(c5ccc(Oc7cccc(N8C(=O)c9ccc(C#Cc%10ccccc%10)cc9C8=O)c7)cc5)C6=O)cc4C3=O)c2)cc1. The first kappa shape index (κ1) is 53.1. The molecule has 8 amide bonds. The maximum absolute atomic E-state index is 14.0. The van der Waals surface area contributed by atoms with Crippen LogP contribution in [-0.4, -0.2) is 47.3 Å². The molecule has 0 saturated heterocycles. The molecule has 14 rings (SSSR count). The van der Waals surface area contributed by atoms with Crippen LogP contribution >= 0.6 is 0 Å². The fourth-order valence-corrected chi connectivity index (χ4v) is 11.3. The average molecular weight is 1140 g/mol. The maximum Gasteiger partial charge on any atom is 0.266 e. The van der Waals surface area contributed by atoms with Gasteiger partial charge in [-0.25, -0.2) is 19.6 Å². The number of benzene rings is 9. The van der Waals surface area contributed by atoms with Gasteiger partial charge in [0.1, 0.15) is 34.5 Å². The Labute approximate surface area is 497 Å². The first-order chi connectivity index (χ1) is 42.4. The number of ether oxygens (including phenoxy) is 3. The van der Waals surface area contributed by atoms with Crippen LogP contribution in [0.3, 0.4) is 0 Å². The molecule has 0 aromatic heterocycles. The van der Waals surface area contributed by atoms with Crippen molar-refractivity contribution in [1.82, 2.24) is 0 Å². The van der Waals surface area contributed by atoms with Gasteiger partial charge >= 0.3 is 0 Å². The molecule has 0 N–H and O–H groups in total. The van der Waals surface area contributed by atoms with Gasteiger partial charge in [0, 0.05) is 34.7 Å². The molecule has 5 aliphatic rings. The van der Waals surface area contributed by atoms with Crippen LogP contribution in [-0.2, 0) is 0 Å². The summed E-state index contributed by atoms with van der Waals surface area (Å²) in [6.45, 7) is 0. The Hall–Kier alpha value is -11.9. The molecule has 0 spiro atoms. The van der Waals surface area contributed by atoms with Gasteiger partial charge < -0.3 is 14.2 Å². The zero-order chi connectivity index (χ0) is 59.4. The van der Waals surface area contributed by atoms with Crippen molar-refractivity contribution in [2.75, 3.05) is 19.6 Å². The van der Waals surface area contributed by atoms with Crippen molar-refractivity contribution in [3.63, 3.8) is 0 Å². The highest BCUT2D eigenvalue weighted by Crippen LogP contribution is 2.39. The summed E-state index contributed by atoms with van der Waals surface area (Å²) in [5, 5.41) is 0. The van der Waals surface area contributed by atoms with E-state index in [0.717, 1.165) is 38.0 Å². The van der Waals surface area contributed by atoms with Crippen LogP contribution in [0.4, 0.5) is 22.7 Å². The monoisotopic (exact) mass is 1140 g/mol. The fraction of sp³-hybridized carbons (Fsp3) is 0.0833. The molecule has 1 saturated carbocycles. The van der Waals surface area contributed by atoms with Crippen molar-refractivity contribution in [3.05, 3.63) is 261 Å². The standard InChI is InChI=1S/C72H44N4O11/c77-65-57-33-21-45(19-17-43-9-3-1-4-10-43)37-61(57)69(81)73(65)47-23-27-51(28-24-47)86-54-16-8-14-50(40-54)76-68(80)60-36-32-56(42-64(60)72(76)84)87-55-31-35-59-63(41-55)71(83)74(66(59)78)48-25-29-52(30-26-48)85-53-15-7-13-49(39-53)75-67(79)58-34-22-46(38-62(58)70(75)82)20-18-44-11-5-2-6-12-44/h2,5-8,11-16,21-43H,1,3-4,9-10H2. The van der Waals surface area contributed by atoms with Crippen LogP contribution in [0.5, 0.6) is 34.5 Å². The van der Waals surface area contributed by atoms with E-state index in [0.29, 0.717) is 62.5 Å². The van der Waals surface area contributed by atoms with Crippen LogP contribution in [0, 0.1) is 29.6 Å². The number of amides is 8. The summed E-state index contributed by atoms with van der Waals surface area (Å²) in [7, 11) is 0. The third-order valence-corrected chi connectivity index (χ3v) is 15.7. The van der Waals surface area contributed by atoms with Crippen LogP contribution in [0.15, 0.2) is 200 Å². The molecular formula is C72H44N4O11. The van der Waals surface area contributed by atoms with Gasteiger partial charge in [-0.15, -0.1) is 0 Å². The zero-order valence-corrected chi connectivity index (χ0v) is 45.9. The minimum Gasteiger partial charge on any atom is -0.457 e. The number of nitrogens with zero attached hydrogens (tertiary/aromatic N) is 4. The quantitative estimate of drug-likeness (QED) is 0.0940. The molecule has 15 nitrogen and oxygen atoms in total. The number of carbonyl (C=O) groups is 8. The lowest BCUT2D eigenvalue weighted by atomic mass is 9.89. The number of imide groups is 4. The number of fused-ring (bicyclic) bond motifs is 4. The average Bonchev–Trinajstić information content (AvgIpc) is 3.53. The first-order valence-corrected chi connectivity index (χ1v) is 28.0. The Balaban J connectivity index is 0.605. The van der Waals surface area contributed by atoms with Gasteiger partial charge in [0.05, 0.1) is 67.3 Å². The van der Waals surface area contributed by atoms with E-state index in [1.54, 1.807) is 133 Å². The second-order valence-electron chi connectivity index (χ2n) is 21.2. The van der Waals surface area contributed by atoms with E-state index in [-0.39, 0.29) is 56.3 Å². The van der Waals surface area contributed by atoms with E-state index in [2.05, 4.69) is 23.7 Å². The maximum atomic E-state index is 14.0. The van der Waals surface area contributed by atoms with Gasteiger partial charge in [0.15, 0.2) is 0 Å². The molecule has 4 aliphatic heterocycles. The van der Waals surface area contributed by atoms with Crippen LogP contribution in [0.25, 0.3) is 0 Å². The van der Waals surface area contributed by atoms with Gasteiger partial charge in [-0.1, -0.05) is 73.3 Å². The second-order valence-corrected chi connectivity index (χ2v) is 21.2. The lowest BCUT2D eigenvalue weighted by Gasteiger charge is -2.16. The summed E-state index contributed by atoms with van der Waals surface area (Å²) in [5.74, 6) is 10.6. The largest absolute Gasteiger partial charge is 0.457 e. The molecule has 0 atom stereocenters. The molecule has 4 heterocycles. The Morgan fingerprint density at radius 1 is 0.276 bits per heavy atom. The first-order valence-electron chi connectivity index (χ1n) is 28.0. The van der Waals surface area contributed by atoms with Gasteiger partial charge in [0.25, 0.3) is 47.3 Å². The number of anilines is 4. The number of rotatable bonds is 10. The van der Waals surface area contributed by atoms with Crippen molar-refractivity contribution in [2.45, 2.75) is 32.1 Å². The molecule has 9 aromatic rings. The molecule has 15 heteroatoms. The molecule has 1 fully saturated rings. The predicted molar refractivity (Wildman–Crippen MR) is 322 cm³/mol. The number of carbonyl (C=O) groups excluding carboxylic acids is 8. The van der Waals surface area contributed by atoms with Crippen molar-refractivity contribution in [3.8, 4) is 58.2 Å². The van der Waals surface area contributed by atoms with Gasteiger partial charge in [-0.3, -0.25) is 38.4 Å². The second kappa shape index (κ2) is 21.7. The molecule has 9 aromatic carbocycles. The highest BCUT2D eigenvalue weighted by atomic mass is 16.5. The minimum atomic E-state index is -0.608. The van der Waals surface area contributed by atoms with Crippen LogP contribution in [0.2, 0.25) is 0 Å². The predicted octanol–water partition coefficient (Wildman–Crippen LogP) is 13.6. The van der Waals surface area contributed by atoms with Crippen molar-refractivity contribution < 1.29 is 52.6 Å². The lowest BCUT2D eigenvalue weighted by Crippen LogP contribution is -2.29. The Morgan fingerprint density at radius 3 is 1.09 bits per heavy atom. The summed E-state index contributed by atoms with van der Waals surface area (Å²) in [6.07, 6.45) is 5.72. The molecule has 0 unspecified atom stereocenters. The van der Waals surface area contributed by atoms with Gasteiger partial charge in [0.2, 0.25) is 0 Å². The lowest BCUT2D eigenvalue weighted by molar-refractivity contribution is 0.0910. The van der Waals surface area contributed by atoms with E-state index < -0.39 is 47.3 Å². The summed E-state index contributed by atoms with van der Waals surface area (Å²) in [6, 6.07) is 54.1. The Morgan fingerprint density at radius 2 is 0.632 bits per heavy atom. The third-order valence-electron chi connectivity index (χ3n) is 15.7. The summed E-state index contributed by atoms with van der Waals surface area (Å²) in [4.78, 5) is 114. The summed E-state index contributed by atoms with van der Waals surface area (Å²) in [5.41, 5.74) is 4.85. The van der Waals surface area contributed by atoms with E-state index in [1.165, 1.54) is 55.7 Å². The Kier molecular flexibility index (Phi) is 13.2. The minimum absolute atomic E-state index is 0.0811. The smallest absolute Gasteiger partial charge is 0.266 e. The number of hydrogen-bond donors (Lipinski definition) is 0. The zero-order valence-electron chi connectivity index (χ0n) is 45.9. The van der Waals surface area contributed by atoms with Crippen molar-refractivity contribution >= 4 is 70.0 Å². The highest BCUT2D eigenvalue weighted by Gasteiger charge is 2.41. The molecule has 87 heavy (non-hydrogen) atoms. The van der Waals surface area contributed by atoms with Gasteiger partial charge in [-0.05, 0) is 171 Å².